The SMILES string of the molecule is CC1(C)Oc2ccc(Br)cc2[C@H](N2CCS/C2=N/C#N)[C@H]1O. The number of nitrogens with zero attached hydrogens (tertiary/aromatic N) is 3. The quantitative estimate of drug-likeness (QED) is 0.757. The fourth-order valence-electron chi connectivity index (χ4n) is 2.89. The van der Waals surface area contributed by atoms with Gasteiger partial charge in [-0.2, -0.15) is 5.26 Å². The molecule has 0 amide bonds. The maximum Gasteiger partial charge on any atom is 0.208 e. The van der Waals surface area contributed by atoms with E-state index in [2.05, 4.69) is 20.9 Å². The fraction of sp³-hybridized carbons (Fsp3) is 0.467. The molecule has 7 heteroatoms. The molecule has 5 nitrogen and oxygen atoms in total. The second-order valence-electron chi connectivity index (χ2n) is 5.81. The van der Waals surface area contributed by atoms with E-state index in [-0.39, 0.29) is 6.04 Å². The number of nitriles is 1. The van der Waals surface area contributed by atoms with Gasteiger partial charge in [0.2, 0.25) is 6.19 Å². The van der Waals surface area contributed by atoms with Gasteiger partial charge >= 0.3 is 0 Å². The first kappa shape index (κ1) is 15.7. The van der Waals surface area contributed by atoms with Gasteiger partial charge in [0.15, 0.2) is 5.17 Å². The Hall–Kier alpha value is -1.23. The smallest absolute Gasteiger partial charge is 0.208 e. The zero-order chi connectivity index (χ0) is 15.9. The summed E-state index contributed by atoms with van der Waals surface area (Å²) in [5.74, 6) is 1.62. The summed E-state index contributed by atoms with van der Waals surface area (Å²) in [6.07, 6.45) is 1.13. The Kier molecular flexibility index (Phi) is 4.10. The van der Waals surface area contributed by atoms with Gasteiger partial charge in [-0.1, -0.05) is 27.7 Å². The molecule has 2 heterocycles. The number of aliphatic hydroxyl groups is 1. The average molecular weight is 382 g/mol. The molecule has 1 aromatic carbocycles. The van der Waals surface area contributed by atoms with Gasteiger partial charge in [-0.3, -0.25) is 0 Å². The summed E-state index contributed by atoms with van der Waals surface area (Å²) >= 11 is 5.02. The largest absolute Gasteiger partial charge is 0.485 e. The van der Waals surface area contributed by atoms with Crippen molar-refractivity contribution in [2.24, 2.45) is 4.99 Å². The number of fused-ring (bicyclic) bond motifs is 1. The van der Waals surface area contributed by atoms with Crippen molar-refractivity contribution in [3.05, 3.63) is 28.2 Å². The van der Waals surface area contributed by atoms with Crippen LogP contribution in [-0.4, -0.2) is 39.2 Å². The molecule has 1 aromatic rings. The molecular formula is C15H16BrN3O2S. The zero-order valence-electron chi connectivity index (χ0n) is 12.3. The van der Waals surface area contributed by atoms with Gasteiger partial charge < -0.3 is 14.7 Å². The van der Waals surface area contributed by atoms with E-state index in [1.54, 1.807) is 0 Å². The number of ether oxygens (including phenoxy) is 1. The lowest BCUT2D eigenvalue weighted by Crippen LogP contribution is -2.53. The lowest BCUT2D eigenvalue weighted by Gasteiger charge is -2.45. The molecule has 1 N–H and O–H groups in total. The molecule has 2 aliphatic rings. The number of halogens is 1. The third-order valence-electron chi connectivity index (χ3n) is 3.97. The molecule has 0 aromatic heterocycles. The molecular weight excluding hydrogens is 366 g/mol. The third kappa shape index (κ3) is 2.60. The Bertz CT molecular complexity index is 671. The molecule has 0 unspecified atom stereocenters. The standard InChI is InChI=1S/C15H16BrN3O2S/c1-15(2)13(20)12(19-5-6-22-14(19)18-8-17)10-7-9(16)3-4-11(10)21-15/h3-4,7,12-13,20H,5-6H2,1-2H3/b18-14+/t12-,13+/m0/s1. The summed E-state index contributed by atoms with van der Waals surface area (Å²) in [5, 5.41) is 20.4. The van der Waals surface area contributed by atoms with Crippen molar-refractivity contribution >= 4 is 32.9 Å². The predicted molar refractivity (Wildman–Crippen MR) is 89.8 cm³/mol. The summed E-state index contributed by atoms with van der Waals surface area (Å²) < 4.78 is 6.89. The Labute approximate surface area is 142 Å². The van der Waals surface area contributed by atoms with Gasteiger partial charge in [-0.25, -0.2) is 0 Å². The zero-order valence-corrected chi connectivity index (χ0v) is 14.7. The highest BCUT2D eigenvalue weighted by molar-refractivity contribution is 9.10. The second-order valence-corrected chi connectivity index (χ2v) is 7.79. The predicted octanol–water partition coefficient (Wildman–Crippen LogP) is 2.91. The molecule has 0 spiro atoms. The molecule has 22 heavy (non-hydrogen) atoms. The molecule has 2 aliphatic heterocycles. The first-order chi connectivity index (χ1) is 10.4. The van der Waals surface area contributed by atoms with Crippen molar-refractivity contribution < 1.29 is 9.84 Å². The summed E-state index contributed by atoms with van der Waals surface area (Å²) in [6, 6.07) is 5.51. The molecule has 0 aliphatic carbocycles. The molecule has 1 fully saturated rings. The minimum Gasteiger partial charge on any atom is -0.485 e. The first-order valence-corrected chi connectivity index (χ1v) is 8.74. The van der Waals surface area contributed by atoms with Gasteiger partial charge in [0.1, 0.15) is 17.5 Å². The van der Waals surface area contributed by atoms with Crippen LogP contribution < -0.4 is 4.74 Å². The van der Waals surface area contributed by atoms with E-state index in [1.165, 1.54) is 11.8 Å². The van der Waals surface area contributed by atoms with Crippen LogP contribution in [0.5, 0.6) is 5.75 Å². The van der Waals surface area contributed by atoms with Crippen molar-refractivity contribution in [1.29, 1.82) is 5.26 Å². The number of benzene rings is 1. The molecule has 0 bridgehead atoms. The number of aliphatic imine (C=N–C) groups is 1. The average Bonchev–Trinajstić information content (AvgIpc) is 2.89. The molecule has 0 radical (unpaired) electrons. The minimum atomic E-state index is -0.725. The highest BCUT2D eigenvalue weighted by atomic mass is 79.9. The van der Waals surface area contributed by atoms with E-state index in [4.69, 9.17) is 10.00 Å². The Balaban J connectivity index is 2.11. The summed E-state index contributed by atoms with van der Waals surface area (Å²) in [6.45, 7) is 4.49. The molecule has 1 saturated heterocycles. The van der Waals surface area contributed by atoms with E-state index in [9.17, 15) is 5.11 Å². The van der Waals surface area contributed by atoms with Gasteiger partial charge in [0.25, 0.3) is 0 Å². The van der Waals surface area contributed by atoms with Crippen molar-refractivity contribution in [3.63, 3.8) is 0 Å². The number of hydrogen-bond donors (Lipinski definition) is 1. The van der Waals surface area contributed by atoms with E-state index in [0.717, 1.165) is 28.1 Å². The number of amidine groups is 1. The number of aliphatic hydroxyl groups excluding tert-OH is 1. The lowest BCUT2D eigenvalue weighted by atomic mass is 9.86. The summed E-state index contributed by atoms with van der Waals surface area (Å²) in [7, 11) is 0. The van der Waals surface area contributed by atoms with E-state index < -0.39 is 11.7 Å². The first-order valence-electron chi connectivity index (χ1n) is 6.97. The van der Waals surface area contributed by atoms with Crippen LogP contribution in [0.25, 0.3) is 0 Å². The van der Waals surface area contributed by atoms with Crippen molar-refractivity contribution in [2.45, 2.75) is 31.6 Å². The molecule has 3 rings (SSSR count). The number of rotatable bonds is 1. The van der Waals surface area contributed by atoms with Crippen LogP contribution in [0.15, 0.2) is 27.7 Å². The van der Waals surface area contributed by atoms with Gasteiger partial charge in [-0.15, -0.1) is 4.99 Å². The monoisotopic (exact) mass is 381 g/mol. The van der Waals surface area contributed by atoms with Crippen LogP contribution in [0.4, 0.5) is 0 Å². The van der Waals surface area contributed by atoms with Crippen LogP contribution in [0.1, 0.15) is 25.5 Å². The van der Waals surface area contributed by atoms with Crippen molar-refractivity contribution in [2.75, 3.05) is 12.3 Å². The Morgan fingerprint density at radius 2 is 2.32 bits per heavy atom. The maximum atomic E-state index is 10.9. The van der Waals surface area contributed by atoms with Crippen molar-refractivity contribution in [1.82, 2.24) is 4.90 Å². The normalized spacial score (nSPS) is 28.1. The van der Waals surface area contributed by atoms with Crippen LogP contribution in [0, 0.1) is 11.5 Å². The maximum absolute atomic E-state index is 10.9. The van der Waals surface area contributed by atoms with Gasteiger partial charge in [-0.05, 0) is 32.0 Å². The second kappa shape index (κ2) is 5.76. The summed E-state index contributed by atoms with van der Waals surface area (Å²) in [5.41, 5.74) is 0.200. The number of hydrogen-bond acceptors (Lipinski definition) is 5. The summed E-state index contributed by atoms with van der Waals surface area (Å²) in [4.78, 5) is 5.91. The van der Waals surface area contributed by atoms with Crippen LogP contribution in [0.2, 0.25) is 0 Å². The van der Waals surface area contributed by atoms with Gasteiger partial charge in [0, 0.05) is 22.3 Å². The Morgan fingerprint density at radius 3 is 3.05 bits per heavy atom. The van der Waals surface area contributed by atoms with Gasteiger partial charge in [0.05, 0.1) is 6.04 Å². The molecule has 2 atom stereocenters. The van der Waals surface area contributed by atoms with Crippen molar-refractivity contribution in [3.8, 4) is 11.9 Å². The highest BCUT2D eigenvalue weighted by Gasteiger charge is 2.47. The van der Waals surface area contributed by atoms with Crippen LogP contribution in [-0.2, 0) is 0 Å². The van der Waals surface area contributed by atoms with Crippen LogP contribution >= 0.6 is 27.7 Å². The van der Waals surface area contributed by atoms with Crippen LogP contribution in [0.3, 0.4) is 0 Å². The fourth-order valence-corrected chi connectivity index (χ4v) is 4.21. The molecule has 0 saturated carbocycles. The van der Waals surface area contributed by atoms with E-state index >= 15 is 0 Å². The Morgan fingerprint density at radius 1 is 1.55 bits per heavy atom. The van der Waals surface area contributed by atoms with E-state index in [0.29, 0.717) is 5.17 Å². The lowest BCUT2D eigenvalue weighted by molar-refractivity contribution is -0.0800. The molecule has 116 valence electrons. The highest BCUT2D eigenvalue weighted by Crippen LogP contribution is 2.45. The topological polar surface area (TPSA) is 68.8 Å². The third-order valence-corrected chi connectivity index (χ3v) is 5.43. The minimum absolute atomic E-state index is 0.279. The van der Waals surface area contributed by atoms with E-state index in [1.807, 2.05) is 43.1 Å². The number of thioether (sulfide) groups is 1.